The summed E-state index contributed by atoms with van der Waals surface area (Å²) < 4.78 is 7.53. The third-order valence-corrected chi connectivity index (χ3v) is 4.71. The molecule has 0 spiro atoms. The van der Waals surface area contributed by atoms with E-state index in [2.05, 4.69) is 16.3 Å². The van der Waals surface area contributed by atoms with Crippen molar-refractivity contribution in [2.75, 3.05) is 12.4 Å². The Balaban J connectivity index is 1.58. The zero-order valence-corrected chi connectivity index (χ0v) is 15.3. The van der Waals surface area contributed by atoms with Gasteiger partial charge in [-0.15, -0.1) is 10.2 Å². The van der Waals surface area contributed by atoms with Gasteiger partial charge in [0.1, 0.15) is 5.75 Å². The summed E-state index contributed by atoms with van der Waals surface area (Å²) >= 11 is 1.53. The topological polar surface area (TPSA) is 83.1 Å². The van der Waals surface area contributed by atoms with Crippen molar-refractivity contribution in [2.24, 2.45) is 7.05 Å². The minimum Gasteiger partial charge on any atom is -0.492 e. The molecular formula is C18H18N4O3S. The first-order valence-electron chi connectivity index (χ1n) is 8.01. The second-order valence-corrected chi connectivity index (χ2v) is 6.75. The van der Waals surface area contributed by atoms with Crippen molar-refractivity contribution in [2.45, 2.75) is 12.1 Å². The maximum absolute atomic E-state index is 10.8. The maximum Gasteiger partial charge on any atom is 0.273 e. The van der Waals surface area contributed by atoms with Crippen LogP contribution in [-0.4, -0.2) is 32.0 Å². The summed E-state index contributed by atoms with van der Waals surface area (Å²) in [7, 11) is 1.93. The maximum atomic E-state index is 10.8. The standard InChI is InChI=1S/C18H18N4O3S/c1-13-5-3-6-14(11-13)17-19-20-18(21(17)2)26-10-9-25-16-8-4-7-15(12-16)22(23)24/h3-8,11-12H,9-10H2,1-2H3. The summed E-state index contributed by atoms with van der Waals surface area (Å²) in [5, 5.41) is 20.1. The molecule has 26 heavy (non-hydrogen) atoms. The van der Waals surface area contributed by atoms with E-state index in [4.69, 9.17) is 4.74 Å². The molecule has 7 nitrogen and oxygen atoms in total. The van der Waals surface area contributed by atoms with E-state index in [1.54, 1.807) is 12.1 Å². The molecule has 0 aliphatic rings. The predicted octanol–water partition coefficient (Wildman–Crippen LogP) is 3.87. The molecule has 3 rings (SSSR count). The molecule has 2 aromatic carbocycles. The van der Waals surface area contributed by atoms with E-state index in [0.717, 1.165) is 16.5 Å². The molecule has 0 atom stereocenters. The highest BCUT2D eigenvalue weighted by Gasteiger charge is 2.11. The van der Waals surface area contributed by atoms with E-state index >= 15 is 0 Å². The van der Waals surface area contributed by atoms with Crippen molar-refractivity contribution in [1.29, 1.82) is 0 Å². The van der Waals surface area contributed by atoms with Gasteiger partial charge in [0.2, 0.25) is 0 Å². The molecule has 134 valence electrons. The second-order valence-electron chi connectivity index (χ2n) is 5.69. The average molecular weight is 370 g/mol. The van der Waals surface area contributed by atoms with Crippen LogP contribution < -0.4 is 4.74 Å². The molecule has 0 aliphatic carbocycles. The number of nitrogens with zero attached hydrogens (tertiary/aromatic N) is 4. The van der Waals surface area contributed by atoms with E-state index in [1.807, 2.05) is 36.7 Å². The van der Waals surface area contributed by atoms with Gasteiger partial charge in [0.25, 0.3) is 5.69 Å². The molecule has 0 fully saturated rings. The Bertz CT molecular complexity index is 926. The van der Waals surface area contributed by atoms with Gasteiger partial charge in [-0.25, -0.2) is 0 Å². The molecule has 0 N–H and O–H groups in total. The number of thioether (sulfide) groups is 1. The van der Waals surface area contributed by atoms with Crippen molar-refractivity contribution in [3.8, 4) is 17.1 Å². The molecular weight excluding hydrogens is 352 g/mol. The van der Waals surface area contributed by atoms with Crippen LogP contribution >= 0.6 is 11.8 Å². The number of rotatable bonds is 7. The number of ether oxygens (including phenoxy) is 1. The number of hydrogen-bond donors (Lipinski definition) is 0. The molecule has 0 saturated heterocycles. The first-order valence-corrected chi connectivity index (χ1v) is 8.99. The minimum absolute atomic E-state index is 0.0197. The van der Waals surface area contributed by atoms with E-state index in [0.29, 0.717) is 18.1 Å². The van der Waals surface area contributed by atoms with Gasteiger partial charge in [-0.05, 0) is 19.1 Å². The zero-order chi connectivity index (χ0) is 18.5. The molecule has 3 aromatic rings. The lowest BCUT2D eigenvalue weighted by Crippen LogP contribution is -2.02. The number of non-ortho nitro benzene ring substituents is 1. The Morgan fingerprint density at radius 1 is 1.19 bits per heavy atom. The van der Waals surface area contributed by atoms with Gasteiger partial charge >= 0.3 is 0 Å². The summed E-state index contributed by atoms with van der Waals surface area (Å²) in [5.41, 5.74) is 2.22. The van der Waals surface area contributed by atoms with E-state index in [-0.39, 0.29) is 5.69 Å². The summed E-state index contributed by atoms with van der Waals surface area (Å²) in [4.78, 5) is 10.3. The molecule has 0 aliphatic heterocycles. The van der Waals surface area contributed by atoms with Crippen molar-refractivity contribution in [3.05, 3.63) is 64.2 Å². The predicted molar refractivity (Wildman–Crippen MR) is 100 cm³/mol. The minimum atomic E-state index is -0.437. The van der Waals surface area contributed by atoms with Crippen LogP contribution in [-0.2, 0) is 7.05 Å². The van der Waals surface area contributed by atoms with E-state index < -0.39 is 4.92 Å². The van der Waals surface area contributed by atoms with Gasteiger partial charge in [-0.1, -0.05) is 41.6 Å². The van der Waals surface area contributed by atoms with Crippen LogP contribution in [0.4, 0.5) is 5.69 Å². The average Bonchev–Trinajstić information content (AvgIpc) is 2.99. The Kier molecular flexibility index (Phi) is 5.52. The van der Waals surface area contributed by atoms with E-state index in [1.165, 1.54) is 29.5 Å². The van der Waals surface area contributed by atoms with Crippen molar-refractivity contribution >= 4 is 17.4 Å². The van der Waals surface area contributed by atoms with Crippen molar-refractivity contribution in [1.82, 2.24) is 14.8 Å². The van der Waals surface area contributed by atoms with Gasteiger partial charge in [-0.2, -0.15) is 0 Å². The highest BCUT2D eigenvalue weighted by atomic mass is 32.2. The lowest BCUT2D eigenvalue weighted by atomic mass is 10.1. The summed E-state index contributed by atoms with van der Waals surface area (Å²) in [6.07, 6.45) is 0. The largest absolute Gasteiger partial charge is 0.492 e. The first-order chi connectivity index (χ1) is 12.5. The van der Waals surface area contributed by atoms with Crippen LogP contribution in [0.3, 0.4) is 0 Å². The van der Waals surface area contributed by atoms with Crippen LogP contribution in [0.2, 0.25) is 0 Å². The van der Waals surface area contributed by atoms with E-state index in [9.17, 15) is 10.1 Å². The quantitative estimate of drug-likeness (QED) is 0.272. The van der Waals surface area contributed by atoms with Crippen molar-refractivity contribution < 1.29 is 9.66 Å². The highest BCUT2D eigenvalue weighted by Crippen LogP contribution is 2.24. The van der Waals surface area contributed by atoms with Gasteiger partial charge in [0, 0.05) is 24.4 Å². The fourth-order valence-corrected chi connectivity index (χ4v) is 3.18. The number of hydrogen-bond acceptors (Lipinski definition) is 6. The Morgan fingerprint density at radius 3 is 2.77 bits per heavy atom. The SMILES string of the molecule is Cc1cccc(-c2nnc(SCCOc3cccc([N+](=O)[O-])c3)n2C)c1. The Labute approximate surface area is 155 Å². The number of nitro benzene ring substituents is 1. The third-order valence-electron chi connectivity index (χ3n) is 3.72. The molecule has 1 aromatic heterocycles. The first kappa shape index (κ1) is 17.9. The highest BCUT2D eigenvalue weighted by molar-refractivity contribution is 7.99. The zero-order valence-electron chi connectivity index (χ0n) is 14.5. The molecule has 0 unspecified atom stereocenters. The van der Waals surface area contributed by atoms with Crippen molar-refractivity contribution in [3.63, 3.8) is 0 Å². The molecule has 0 radical (unpaired) electrons. The summed E-state index contributed by atoms with van der Waals surface area (Å²) in [5.74, 6) is 1.96. The number of aryl methyl sites for hydroxylation is 1. The fraction of sp³-hybridized carbons (Fsp3) is 0.222. The van der Waals surface area contributed by atoms with Crippen LogP contribution in [0, 0.1) is 17.0 Å². The van der Waals surface area contributed by atoms with Gasteiger partial charge < -0.3 is 9.30 Å². The molecule has 0 bridgehead atoms. The molecule has 0 amide bonds. The molecule has 1 heterocycles. The number of benzene rings is 2. The summed E-state index contributed by atoms with van der Waals surface area (Å²) in [6.45, 7) is 2.46. The van der Waals surface area contributed by atoms with Crippen LogP contribution in [0.15, 0.2) is 53.7 Å². The summed E-state index contributed by atoms with van der Waals surface area (Å²) in [6, 6.07) is 14.3. The van der Waals surface area contributed by atoms with Gasteiger partial charge in [0.15, 0.2) is 11.0 Å². The Morgan fingerprint density at radius 2 is 2.00 bits per heavy atom. The lowest BCUT2D eigenvalue weighted by molar-refractivity contribution is -0.384. The third kappa shape index (κ3) is 4.20. The second kappa shape index (κ2) is 8.01. The number of nitro groups is 1. The normalized spacial score (nSPS) is 10.7. The molecule has 8 heteroatoms. The van der Waals surface area contributed by atoms with Gasteiger partial charge in [0.05, 0.1) is 17.6 Å². The van der Waals surface area contributed by atoms with Gasteiger partial charge in [-0.3, -0.25) is 10.1 Å². The van der Waals surface area contributed by atoms with Crippen LogP contribution in [0.1, 0.15) is 5.56 Å². The van der Waals surface area contributed by atoms with Crippen LogP contribution in [0.5, 0.6) is 5.75 Å². The molecule has 0 saturated carbocycles. The monoisotopic (exact) mass is 370 g/mol. The number of aromatic nitrogens is 3. The smallest absolute Gasteiger partial charge is 0.273 e. The fourth-order valence-electron chi connectivity index (χ4n) is 2.46. The lowest BCUT2D eigenvalue weighted by Gasteiger charge is -2.06. The van der Waals surface area contributed by atoms with Crippen LogP contribution in [0.25, 0.3) is 11.4 Å². The Hall–Kier alpha value is -2.87.